The van der Waals surface area contributed by atoms with Gasteiger partial charge in [-0.05, 0) is 24.6 Å². The third kappa shape index (κ3) is 3.05. The molecule has 0 amide bonds. The summed E-state index contributed by atoms with van der Waals surface area (Å²) in [5, 5.41) is 12.9. The summed E-state index contributed by atoms with van der Waals surface area (Å²) in [4.78, 5) is 4.14. The predicted molar refractivity (Wildman–Crippen MR) is 68.3 cm³/mol. The fraction of sp³-hybridized carbons (Fsp3) is 0.308. The molecule has 0 bridgehead atoms. The van der Waals surface area contributed by atoms with Crippen molar-refractivity contribution in [2.45, 2.75) is 18.9 Å². The zero-order chi connectivity index (χ0) is 13.0. The van der Waals surface area contributed by atoms with Crippen LogP contribution in [0.5, 0.6) is 5.75 Å². The van der Waals surface area contributed by atoms with Crippen molar-refractivity contribution >= 4 is 11.3 Å². The number of aliphatic hydroxyl groups is 1. The highest BCUT2D eigenvalue weighted by atomic mass is 32.1. The lowest BCUT2D eigenvalue weighted by Gasteiger charge is -2.14. The molecule has 5 heteroatoms. The maximum atomic E-state index is 13.2. The minimum absolute atomic E-state index is 0.376. The van der Waals surface area contributed by atoms with E-state index in [0.29, 0.717) is 24.2 Å². The van der Waals surface area contributed by atoms with Gasteiger partial charge in [-0.1, -0.05) is 0 Å². The third-order valence-corrected chi connectivity index (χ3v) is 3.51. The van der Waals surface area contributed by atoms with Gasteiger partial charge in [0.2, 0.25) is 0 Å². The summed E-state index contributed by atoms with van der Waals surface area (Å²) in [5.74, 6) is 0.127. The van der Waals surface area contributed by atoms with Crippen molar-refractivity contribution in [3.63, 3.8) is 0 Å². The Morgan fingerprint density at radius 3 is 3.00 bits per heavy atom. The second-order valence-electron chi connectivity index (χ2n) is 3.87. The van der Waals surface area contributed by atoms with E-state index in [1.165, 1.54) is 25.3 Å². The van der Waals surface area contributed by atoms with Gasteiger partial charge in [0.25, 0.3) is 0 Å². The van der Waals surface area contributed by atoms with Crippen LogP contribution in [0.3, 0.4) is 0 Å². The largest absolute Gasteiger partial charge is 0.496 e. The summed E-state index contributed by atoms with van der Waals surface area (Å²) in [6, 6.07) is 4.15. The van der Waals surface area contributed by atoms with E-state index in [9.17, 15) is 9.50 Å². The lowest BCUT2D eigenvalue weighted by atomic mass is 10.0. The van der Waals surface area contributed by atoms with Crippen LogP contribution in [0.1, 0.15) is 23.1 Å². The van der Waals surface area contributed by atoms with Crippen LogP contribution < -0.4 is 4.74 Å². The number of hydrogen-bond acceptors (Lipinski definition) is 4. The molecule has 0 radical (unpaired) electrons. The molecule has 0 aliphatic heterocycles. The molecule has 1 aromatic carbocycles. The quantitative estimate of drug-likeness (QED) is 0.905. The van der Waals surface area contributed by atoms with Crippen LogP contribution in [0.25, 0.3) is 0 Å². The van der Waals surface area contributed by atoms with E-state index in [1.807, 2.05) is 5.38 Å². The van der Waals surface area contributed by atoms with Crippen molar-refractivity contribution in [1.82, 2.24) is 4.98 Å². The molecule has 18 heavy (non-hydrogen) atoms. The minimum Gasteiger partial charge on any atom is -0.496 e. The number of aliphatic hydroxyl groups excluding tert-OH is 1. The monoisotopic (exact) mass is 267 g/mol. The molecule has 1 atom stereocenters. The van der Waals surface area contributed by atoms with E-state index < -0.39 is 6.10 Å². The molecule has 0 aliphatic carbocycles. The molecule has 1 N–H and O–H groups in total. The normalized spacial score (nSPS) is 12.4. The van der Waals surface area contributed by atoms with Crippen molar-refractivity contribution in [1.29, 1.82) is 0 Å². The number of nitrogens with zero attached hydrogens (tertiary/aromatic N) is 1. The average Bonchev–Trinajstić information content (AvgIpc) is 2.89. The Balaban J connectivity index is 2.08. The van der Waals surface area contributed by atoms with Crippen LogP contribution in [-0.4, -0.2) is 17.2 Å². The summed E-state index contributed by atoms with van der Waals surface area (Å²) in [7, 11) is 1.50. The average molecular weight is 267 g/mol. The van der Waals surface area contributed by atoms with Crippen molar-refractivity contribution in [3.8, 4) is 5.75 Å². The molecule has 0 aliphatic rings. The molecule has 3 nitrogen and oxygen atoms in total. The first-order valence-electron chi connectivity index (χ1n) is 5.60. The van der Waals surface area contributed by atoms with Gasteiger partial charge in [0.05, 0.1) is 18.2 Å². The van der Waals surface area contributed by atoms with Crippen LogP contribution in [0, 0.1) is 5.82 Å². The topological polar surface area (TPSA) is 42.4 Å². The Morgan fingerprint density at radius 2 is 2.33 bits per heavy atom. The lowest BCUT2D eigenvalue weighted by Crippen LogP contribution is -2.03. The number of aromatic nitrogens is 1. The minimum atomic E-state index is -0.750. The fourth-order valence-electron chi connectivity index (χ4n) is 1.76. The molecule has 1 aromatic heterocycles. The maximum Gasteiger partial charge on any atom is 0.124 e. The summed E-state index contributed by atoms with van der Waals surface area (Å²) in [5.41, 5.74) is 0.481. The van der Waals surface area contributed by atoms with Gasteiger partial charge in [-0.25, -0.2) is 9.37 Å². The molecule has 0 saturated carbocycles. The van der Waals surface area contributed by atoms with Gasteiger partial charge in [0.15, 0.2) is 0 Å². The zero-order valence-corrected chi connectivity index (χ0v) is 10.8. The van der Waals surface area contributed by atoms with Crippen LogP contribution in [0.4, 0.5) is 4.39 Å². The molecule has 2 aromatic rings. The number of ether oxygens (including phenoxy) is 1. The van der Waals surface area contributed by atoms with Gasteiger partial charge in [-0.2, -0.15) is 0 Å². The summed E-state index contributed by atoms with van der Waals surface area (Å²) >= 11 is 1.55. The second-order valence-corrected chi connectivity index (χ2v) is 4.85. The first-order valence-corrected chi connectivity index (χ1v) is 6.48. The number of methoxy groups -OCH3 is 1. The number of thiazole rings is 1. The van der Waals surface area contributed by atoms with Gasteiger partial charge in [-0.15, -0.1) is 11.3 Å². The van der Waals surface area contributed by atoms with Gasteiger partial charge in [0, 0.05) is 23.6 Å². The Hall–Kier alpha value is -1.46. The highest BCUT2D eigenvalue weighted by molar-refractivity contribution is 7.09. The molecule has 1 unspecified atom stereocenters. The van der Waals surface area contributed by atoms with Crippen LogP contribution in [0.2, 0.25) is 0 Å². The van der Waals surface area contributed by atoms with Crippen LogP contribution >= 0.6 is 11.3 Å². The number of halogens is 1. The number of aryl methyl sites for hydroxylation is 1. The van der Waals surface area contributed by atoms with Crippen LogP contribution in [-0.2, 0) is 6.42 Å². The molecule has 2 rings (SSSR count). The first kappa shape index (κ1) is 13.0. The van der Waals surface area contributed by atoms with E-state index in [4.69, 9.17) is 4.74 Å². The molecule has 0 saturated heterocycles. The second kappa shape index (κ2) is 5.93. The Bertz CT molecular complexity index is 502. The van der Waals surface area contributed by atoms with Gasteiger partial charge < -0.3 is 9.84 Å². The Labute approximate surface area is 109 Å². The van der Waals surface area contributed by atoms with E-state index in [2.05, 4.69) is 4.98 Å². The van der Waals surface area contributed by atoms with Crippen molar-refractivity contribution < 1.29 is 14.2 Å². The van der Waals surface area contributed by atoms with Gasteiger partial charge >= 0.3 is 0 Å². The molecule has 1 heterocycles. The smallest absolute Gasteiger partial charge is 0.124 e. The predicted octanol–water partition coefficient (Wildman–Crippen LogP) is 2.96. The standard InChI is InChI=1S/C13H14FNO2S/c1-17-12-4-2-9(14)8-10(12)11(16)3-5-13-15-6-7-18-13/h2,4,6-8,11,16H,3,5H2,1H3. The van der Waals surface area contributed by atoms with E-state index in [-0.39, 0.29) is 5.82 Å². The van der Waals surface area contributed by atoms with E-state index in [0.717, 1.165) is 5.01 Å². The first-order chi connectivity index (χ1) is 8.70. The lowest BCUT2D eigenvalue weighted by molar-refractivity contribution is 0.163. The van der Waals surface area contributed by atoms with Crippen molar-refractivity contribution in [3.05, 3.63) is 46.2 Å². The van der Waals surface area contributed by atoms with E-state index >= 15 is 0 Å². The molecule has 0 spiro atoms. The van der Waals surface area contributed by atoms with Crippen molar-refractivity contribution in [2.75, 3.05) is 7.11 Å². The van der Waals surface area contributed by atoms with Gasteiger partial charge in [-0.3, -0.25) is 0 Å². The summed E-state index contributed by atoms with van der Waals surface area (Å²) in [6.07, 6.45) is 2.14. The van der Waals surface area contributed by atoms with Gasteiger partial charge in [0.1, 0.15) is 11.6 Å². The molecular weight excluding hydrogens is 253 g/mol. The van der Waals surface area contributed by atoms with E-state index in [1.54, 1.807) is 17.5 Å². The zero-order valence-electron chi connectivity index (χ0n) is 9.97. The highest BCUT2D eigenvalue weighted by Gasteiger charge is 2.14. The highest BCUT2D eigenvalue weighted by Crippen LogP contribution is 2.29. The van der Waals surface area contributed by atoms with Crippen molar-refractivity contribution in [2.24, 2.45) is 0 Å². The SMILES string of the molecule is COc1ccc(F)cc1C(O)CCc1nccs1. The maximum absolute atomic E-state index is 13.2. The Morgan fingerprint density at radius 1 is 1.50 bits per heavy atom. The fourth-order valence-corrected chi connectivity index (χ4v) is 2.39. The molecule has 0 fully saturated rings. The Kier molecular flexibility index (Phi) is 4.28. The summed E-state index contributed by atoms with van der Waals surface area (Å²) < 4.78 is 18.3. The number of benzene rings is 1. The number of rotatable bonds is 5. The van der Waals surface area contributed by atoms with Crippen LogP contribution in [0.15, 0.2) is 29.8 Å². The molecular formula is C13H14FNO2S. The number of hydrogen-bond donors (Lipinski definition) is 1. The summed E-state index contributed by atoms with van der Waals surface area (Å²) in [6.45, 7) is 0. The third-order valence-electron chi connectivity index (χ3n) is 2.67. The molecule has 96 valence electrons.